The van der Waals surface area contributed by atoms with E-state index in [4.69, 9.17) is 0 Å². The van der Waals surface area contributed by atoms with Crippen molar-refractivity contribution in [3.63, 3.8) is 0 Å². The third-order valence-corrected chi connectivity index (χ3v) is 4.53. The van der Waals surface area contributed by atoms with Crippen LogP contribution in [0.3, 0.4) is 0 Å². The Kier molecular flexibility index (Phi) is 2.77. The van der Waals surface area contributed by atoms with Gasteiger partial charge in [-0.15, -0.1) is 11.3 Å². The maximum absolute atomic E-state index is 10.3. The van der Waals surface area contributed by atoms with Gasteiger partial charge in [0, 0.05) is 4.88 Å². The maximum atomic E-state index is 10.3. The second-order valence-corrected chi connectivity index (χ2v) is 6.16. The lowest BCUT2D eigenvalue weighted by atomic mass is 9.84. The molecule has 0 aromatic carbocycles. The van der Waals surface area contributed by atoms with Crippen molar-refractivity contribution in [3.8, 4) is 0 Å². The average molecular weight is 261 g/mol. The molecule has 1 heterocycles. The zero-order chi connectivity index (χ0) is 9.31. The molecule has 0 bridgehead atoms. The summed E-state index contributed by atoms with van der Waals surface area (Å²) in [5.41, 5.74) is -0.519. The van der Waals surface area contributed by atoms with Crippen molar-refractivity contribution in [1.82, 2.24) is 0 Å². The summed E-state index contributed by atoms with van der Waals surface area (Å²) in [7, 11) is 0. The van der Waals surface area contributed by atoms with Crippen LogP contribution in [0.4, 0.5) is 0 Å². The lowest BCUT2D eigenvalue weighted by Gasteiger charge is -2.30. The van der Waals surface area contributed by atoms with E-state index in [2.05, 4.69) is 15.9 Å². The topological polar surface area (TPSA) is 20.2 Å². The minimum absolute atomic E-state index is 0.519. The largest absolute Gasteiger partial charge is 0.384 e. The van der Waals surface area contributed by atoms with E-state index in [0.29, 0.717) is 0 Å². The molecular weight excluding hydrogens is 248 g/mol. The van der Waals surface area contributed by atoms with Crippen molar-refractivity contribution in [1.29, 1.82) is 0 Å². The van der Waals surface area contributed by atoms with Gasteiger partial charge in [0.15, 0.2) is 0 Å². The van der Waals surface area contributed by atoms with Crippen LogP contribution in [0, 0.1) is 0 Å². The molecule has 0 unspecified atom stereocenters. The Morgan fingerprint density at radius 3 is 2.46 bits per heavy atom. The highest BCUT2D eigenvalue weighted by Crippen LogP contribution is 2.41. The highest BCUT2D eigenvalue weighted by Gasteiger charge is 2.32. The van der Waals surface area contributed by atoms with Crippen LogP contribution in [-0.4, -0.2) is 5.11 Å². The van der Waals surface area contributed by atoms with Crippen molar-refractivity contribution in [2.24, 2.45) is 0 Å². The predicted octanol–water partition coefficient (Wildman–Crippen LogP) is 3.66. The average Bonchev–Trinajstić information content (AvgIpc) is 2.54. The van der Waals surface area contributed by atoms with Gasteiger partial charge in [-0.05, 0) is 40.9 Å². The number of rotatable bonds is 1. The number of hydrogen-bond acceptors (Lipinski definition) is 2. The van der Waals surface area contributed by atoms with E-state index in [1.807, 2.05) is 12.1 Å². The van der Waals surface area contributed by atoms with Crippen molar-refractivity contribution in [3.05, 3.63) is 20.8 Å². The summed E-state index contributed by atoms with van der Waals surface area (Å²) in [6, 6.07) is 4.06. The van der Waals surface area contributed by atoms with Gasteiger partial charge in [0.05, 0.1) is 9.39 Å². The van der Waals surface area contributed by atoms with Crippen LogP contribution >= 0.6 is 27.3 Å². The Morgan fingerprint density at radius 1 is 1.23 bits per heavy atom. The zero-order valence-corrected chi connectivity index (χ0v) is 9.83. The lowest BCUT2D eigenvalue weighted by molar-refractivity contribution is 0.00283. The summed E-state index contributed by atoms with van der Waals surface area (Å²) in [6.07, 6.45) is 5.45. The van der Waals surface area contributed by atoms with E-state index >= 15 is 0 Å². The van der Waals surface area contributed by atoms with Gasteiger partial charge in [-0.2, -0.15) is 0 Å². The molecule has 1 aliphatic rings. The van der Waals surface area contributed by atoms with E-state index in [-0.39, 0.29) is 0 Å². The molecule has 0 aliphatic heterocycles. The molecule has 1 saturated carbocycles. The predicted molar refractivity (Wildman–Crippen MR) is 59.0 cm³/mol. The van der Waals surface area contributed by atoms with Crippen LogP contribution in [0.5, 0.6) is 0 Å². The van der Waals surface area contributed by atoms with Crippen molar-refractivity contribution in [2.75, 3.05) is 0 Å². The van der Waals surface area contributed by atoms with Crippen LogP contribution < -0.4 is 0 Å². The number of thiophene rings is 1. The van der Waals surface area contributed by atoms with Gasteiger partial charge in [0.25, 0.3) is 0 Å². The minimum Gasteiger partial charge on any atom is -0.384 e. The van der Waals surface area contributed by atoms with Crippen LogP contribution in [0.1, 0.15) is 37.0 Å². The minimum atomic E-state index is -0.519. The highest BCUT2D eigenvalue weighted by molar-refractivity contribution is 9.11. The smallest absolute Gasteiger partial charge is 0.0988 e. The fourth-order valence-corrected chi connectivity index (χ4v) is 3.48. The Hall–Kier alpha value is 0.140. The highest BCUT2D eigenvalue weighted by atomic mass is 79.9. The first-order valence-corrected chi connectivity index (χ1v) is 6.30. The molecule has 1 fully saturated rings. The molecule has 1 aliphatic carbocycles. The van der Waals surface area contributed by atoms with Gasteiger partial charge in [-0.25, -0.2) is 0 Å². The Bertz CT molecular complexity index is 289. The Balaban J connectivity index is 2.22. The summed E-state index contributed by atoms with van der Waals surface area (Å²) < 4.78 is 1.11. The molecule has 0 saturated heterocycles. The van der Waals surface area contributed by atoms with Crippen LogP contribution in [0.2, 0.25) is 0 Å². The summed E-state index contributed by atoms with van der Waals surface area (Å²) in [6.45, 7) is 0. The monoisotopic (exact) mass is 260 g/mol. The first-order chi connectivity index (χ1) is 6.21. The van der Waals surface area contributed by atoms with Gasteiger partial charge < -0.3 is 5.11 Å². The fourth-order valence-electron chi connectivity index (χ4n) is 1.95. The third kappa shape index (κ3) is 1.97. The van der Waals surface area contributed by atoms with E-state index < -0.39 is 5.60 Å². The standard InChI is InChI=1S/C10H13BrOS/c11-9-5-4-8(13-9)10(12)6-2-1-3-7-10/h4-5,12H,1-3,6-7H2. The van der Waals surface area contributed by atoms with Crippen molar-refractivity contribution < 1.29 is 5.11 Å². The van der Waals surface area contributed by atoms with E-state index in [0.717, 1.165) is 34.3 Å². The second-order valence-electron chi connectivity index (χ2n) is 3.70. The van der Waals surface area contributed by atoms with E-state index in [1.54, 1.807) is 11.3 Å². The van der Waals surface area contributed by atoms with E-state index in [1.165, 1.54) is 6.42 Å². The SMILES string of the molecule is OC1(c2ccc(Br)s2)CCCCC1. The molecule has 2 rings (SSSR count). The Morgan fingerprint density at radius 2 is 1.92 bits per heavy atom. The molecule has 13 heavy (non-hydrogen) atoms. The van der Waals surface area contributed by atoms with Gasteiger partial charge in [0.1, 0.15) is 0 Å². The molecule has 72 valence electrons. The molecule has 0 spiro atoms. The molecular formula is C10H13BrOS. The molecule has 1 nitrogen and oxygen atoms in total. The van der Waals surface area contributed by atoms with Crippen LogP contribution in [0.25, 0.3) is 0 Å². The summed E-state index contributed by atoms with van der Waals surface area (Å²) in [5, 5.41) is 10.3. The van der Waals surface area contributed by atoms with Crippen LogP contribution in [-0.2, 0) is 5.60 Å². The number of aliphatic hydroxyl groups is 1. The van der Waals surface area contributed by atoms with Crippen LogP contribution in [0.15, 0.2) is 15.9 Å². The van der Waals surface area contributed by atoms with Crippen molar-refractivity contribution >= 4 is 27.3 Å². The maximum Gasteiger partial charge on any atom is 0.0988 e. The molecule has 3 heteroatoms. The van der Waals surface area contributed by atoms with Gasteiger partial charge in [0.2, 0.25) is 0 Å². The van der Waals surface area contributed by atoms with Gasteiger partial charge >= 0.3 is 0 Å². The normalized spacial score (nSPS) is 21.7. The molecule has 0 radical (unpaired) electrons. The molecule has 0 atom stereocenters. The molecule has 1 aromatic rings. The summed E-state index contributed by atoms with van der Waals surface area (Å²) in [5.74, 6) is 0. The van der Waals surface area contributed by atoms with Gasteiger partial charge in [-0.3, -0.25) is 0 Å². The quantitative estimate of drug-likeness (QED) is 0.817. The fraction of sp³-hybridized carbons (Fsp3) is 0.600. The summed E-state index contributed by atoms with van der Waals surface area (Å²) in [4.78, 5) is 1.12. The van der Waals surface area contributed by atoms with Gasteiger partial charge in [-0.1, -0.05) is 19.3 Å². The first kappa shape index (κ1) is 9.69. The number of halogens is 1. The number of hydrogen-bond donors (Lipinski definition) is 1. The molecule has 0 amide bonds. The second kappa shape index (κ2) is 3.71. The van der Waals surface area contributed by atoms with E-state index in [9.17, 15) is 5.11 Å². The Labute approximate surface area is 90.9 Å². The summed E-state index contributed by atoms with van der Waals surface area (Å²) >= 11 is 5.09. The lowest BCUT2D eigenvalue weighted by Crippen LogP contribution is -2.27. The molecule has 1 aromatic heterocycles. The third-order valence-electron chi connectivity index (χ3n) is 2.71. The van der Waals surface area contributed by atoms with Crippen molar-refractivity contribution in [2.45, 2.75) is 37.7 Å². The first-order valence-electron chi connectivity index (χ1n) is 4.69. The molecule has 1 N–H and O–H groups in total. The zero-order valence-electron chi connectivity index (χ0n) is 7.42.